The normalized spacial score (nSPS) is 16.2. The van der Waals surface area contributed by atoms with Crippen LogP contribution >= 0.6 is 0 Å². The van der Waals surface area contributed by atoms with Gasteiger partial charge in [0, 0.05) is 35.8 Å². The molecule has 0 atom stereocenters. The second kappa shape index (κ2) is 7.00. The van der Waals surface area contributed by atoms with Crippen molar-refractivity contribution in [3.63, 3.8) is 0 Å². The molecule has 152 valence electrons. The molecule has 3 aromatic rings. The summed E-state index contributed by atoms with van der Waals surface area (Å²) in [5, 5.41) is 0.802. The lowest BCUT2D eigenvalue weighted by atomic mass is 10.00. The van der Waals surface area contributed by atoms with Gasteiger partial charge in [0.15, 0.2) is 0 Å². The van der Waals surface area contributed by atoms with Crippen LogP contribution in [0.15, 0.2) is 59.6 Å². The first-order valence-electron chi connectivity index (χ1n) is 8.80. The minimum Gasteiger partial charge on any atom is -0.360 e. The average Bonchev–Trinajstić information content (AvgIpc) is 3.10. The largest absolute Gasteiger partial charge is 0.417 e. The van der Waals surface area contributed by atoms with Crippen LogP contribution in [0.4, 0.5) is 17.6 Å². The smallest absolute Gasteiger partial charge is 0.360 e. The lowest BCUT2D eigenvalue weighted by Crippen LogP contribution is -2.35. The minimum atomic E-state index is -4.76. The van der Waals surface area contributed by atoms with E-state index in [-0.39, 0.29) is 18.9 Å². The van der Waals surface area contributed by atoms with Gasteiger partial charge in [-0.3, -0.25) is 0 Å². The third kappa shape index (κ3) is 3.56. The van der Waals surface area contributed by atoms with Crippen LogP contribution in [0.3, 0.4) is 0 Å². The molecule has 1 aliphatic rings. The molecule has 0 saturated heterocycles. The molecule has 1 N–H and O–H groups in total. The van der Waals surface area contributed by atoms with E-state index in [1.165, 1.54) is 18.2 Å². The van der Waals surface area contributed by atoms with Gasteiger partial charge in [0.2, 0.25) is 10.0 Å². The Morgan fingerprint density at radius 2 is 1.83 bits per heavy atom. The highest BCUT2D eigenvalue weighted by atomic mass is 32.2. The van der Waals surface area contributed by atoms with Gasteiger partial charge in [-0.1, -0.05) is 18.2 Å². The molecular formula is C20H16F4N2O2S. The van der Waals surface area contributed by atoms with Crippen molar-refractivity contribution in [2.75, 3.05) is 13.1 Å². The summed E-state index contributed by atoms with van der Waals surface area (Å²) >= 11 is 0. The molecule has 0 radical (unpaired) electrons. The maximum atomic E-state index is 13.4. The number of alkyl halides is 3. The number of halogens is 4. The highest BCUT2D eigenvalue weighted by molar-refractivity contribution is 7.89. The predicted octanol–water partition coefficient (Wildman–Crippen LogP) is 4.80. The zero-order valence-electron chi connectivity index (χ0n) is 15.0. The fourth-order valence-corrected chi connectivity index (χ4v) is 5.14. The molecule has 0 spiro atoms. The molecule has 2 heterocycles. The number of aromatic amines is 1. The van der Waals surface area contributed by atoms with Crippen molar-refractivity contribution in [2.45, 2.75) is 17.5 Å². The van der Waals surface area contributed by atoms with Crippen molar-refractivity contribution >= 4 is 26.5 Å². The van der Waals surface area contributed by atoms with Crippen LogP contribution in [0.5, 0.6) is 0 Å². The van der Waals surface area contributed by atoms with Crippen molar-refractivity contribution < 1.29 is 26.0 Å². The first kappa shape index (κ1) is 19.7. The van der Waals surface area contributed by atoms with Gasteiger partial charge in [0.05, 0.1) is 10.5 Å². The fourth-order valence-electron chi connectivity index (χ4n) is 3.54. The Kier molecular flexibility index (Phi) is 4.74. The molecule has 4 nitrogen and oxygen atoms in total. The number of benzene rings is 2. The van der Waals surface area contributed by atoms with Crippen molar-refractivity contribution in [1.29, 1.82) is 0 Å². The summed E-state index contributed by atoms with van der Waals surface area (Å²) in [7, 11) is -4.30. The zero-order valence-corrected chi connectivity index (χ0v) is 15.8. The third-order valence-electron chi connectivity index (χ3n) is 4.97. The van der Waals surface area contributed by atoms with Gasteiger partial charge in [-0.05, 0) is 42.3 Å². The Morgan fingerprint density at radius 3 is 2.52 bits per heavy atom. The van der Waals surface area contributed by atoms with Gasteiger partial charge in [0.25, 0.3) is 0 Å². The van der Waals surface area contributed by atoms with Gasteiger partial charge in [-0.2, -0.15) is 17.5 Å². The average molecular weight is 424 g/mol. The highest BCUT2D eigenvalue weighted by Crippen LogP contribution is 2.36. The highest BCUT2D eigenvalue weighted by Gasteiger charge is 2.39. The number of hydrogen-bond acceptors (Lipinski definition) is 2. The molecule has 0 saturated carbocycles. The maximum Gasteiger partial charge on any atom is 0.417 e. The van der Waals surface area contributed by atoms with E-state index in [2.05, 4.69) is 4.98 Å². The monoisotopic (exact) mass is 424 g/mol. The maximum absolute atomic E-state index is 13.4. The summed E-state index contributed by atoms with van der Waals surface area (Å²) in [6.07, 6.45) is -1.03. The number of fused-ring (bicyclic) bond motifs is 1. The molecule has 4 rings (SSSR count). The molecule has 0 unspecified atom stereocenters. The molecule has 0 fully saturated rings. The topological polar surface area (TPSA) is 53.2 Å². The number of H-pyrrole nitrogens is 1. The van der Waals surface area contributed by atoms with Crippen LogP contribution in [-0.2, 0) is 16.2 Å². The second-order valence-corrected chi connectivity index (χ2v) is 8.63. The molecule has 9 heteroatoms. The number of rotatable bonds is 3. The first-order valence-corrected chi connectivity index (χ1v) is 10.2. The second-order valence-electron chi connectivity index (χ2n) is 6.73. The molecule has 1 aromatic heterocycles. The molecular weight excluding hydrogens is 408 g/mol. The number of nitrogens with one attached hydrogen (secondary N) is 1. The number of nitrogens with zero attached hydrogens (tertiary/aromatic N) is 1. The minimum absolute atomic E-state index is 0.0439. The van der Waals surface area contributed by atoms with Gasteiger partial charge in [-0.15, -0.1) is 0 Å². The quantitative estimate of drug-likeness (QED) is 0.614. The Hall–Kier alpha value is -2.65. The van der Waals surface area contributed by atoms with Crippen LogP contribution in [0, 0.1) is 5.82 Å². The van der Waals surface area contributed by atoms with Crippen LogP contribution in [0.25, 0.3) is 16.5 Å². The molecule has 0 amide bonds. The molecule has 1 aliphatic heterocycles. The van der Waals surface area contributed by atoms with Crippen molar-refractivity contribution in [2.24, 2.45) is 0 Å². The SMILES string of the molecule is O=S(=O)(c1ccccc1C(F)(F)F)N1CC=C(c2c[nH]c3cc(F)ccc23)CC1. The van der Waals surface area contributed by atoms with Crippen LogP contribution in [0.2, 0.25) is 0 Å². The first-order chi connectivity index (χ1) is 13.7. The Morgan fingerprint density at radius 1 is 1.07 bits per heavy atom. The number of aromatic nitrogens is 1. The lowest BCUT2D eigenvalue weighted by Gasteiger charge is -2.27. The van der Waals surface area contributed by atoms with Crippen LogP contribution < -0.4 is 0 Å². The summed E-state index contributed by atoms with van der Waals surface area (Å²) in [5.74, 6) is -0.371. The standard InChI is InChI=1S/C20H16F4N2O2S/c21-14-5-6-15-16(12-25-18(15)11-14)13-7-9-26(10-8-13)29(27,28)19-4-2-1-3-17(19)20(22,23)24/h1-7,11-12,25H,8-10H2. The van der Waals surface area contributed by atoms with Crippen molar-refractivity contribution in [3.05, 3.63) is 71.7 Å². The third-order valence-corrected chi connectivity index (χ3v) is 6.90. The van der Waals surface area contributed by atoms with Crippen LogP contribution in [0.1, 0.15) is 17.5 Å². The number of sulfonamides is 1. The van der Waals surface area contributed by atoms with Gasteiger partial charge < -0.3 is 4.98 Å². The van der Waals surface area contributed by atoms with E-state index < -0.39 is 26.7 Å². The summed E-state index contributed by atoms with van der Waals surface area (Å²) in [4.78, 5) is 2.24. The van der Waals surface area contributed by atoms with E-state index in [0.29, 0.717) is 11.9 Å². The van der Waals surface area contributed by atoms with E-state index in [0.717, 1.165) is 39.0 Å². The van der Waals surface area contributed by atoms with E-state index in [1.54, 1.807) is 18.3 Å². The van der Waals surface area contributed by atoms with Gasteiger partial charge >= 0.3 is 6.18 Å². The fraction of sp³-hybridized carbons (Fsp3) is 0.200. The van der Waals surface area contributed by atoms with Gasteiger partial charge in [0.1, 0.15) is 5.82 Å². The van der Waals surface area contributed by atoms with E-state index >= 15 is 0 Å². The summed E-state index contributed by atoms with van der Waals surface area (Å²) in [6.45, 7) is 0.00590. The van der Waals surface area contributed by atoms with Crippen LogP contribution in [-0.4, -0.2) is 30.8 Å². The molecule has 29 heavy (non-hydrogen) atoms. The summed E-state index contributed by atoms with van der Waals surface area (Å²) < 4.78 is 79.8. The van der Waals surface area contributed by atoms with Crippen molar-refractivity contribution in [1.82, 2.24) is 9.29 Å². The van der Waals surface area contributed by atoms with E-state index in [1.807, 2.05) is 0 Å². The van der Waals surface area contributed by atoms with E-state index in [4.69, 9.17) is 0 Å². The Labute approximate surface area is 164 Å². The molecule has 0 aliphatic carbocycles. The predicted molar refractivity (Wildman–Crippen MR) is 101 cm³/mol. The lowest BCUT2D eigenvalue weighted by molar-refractivity contribution is -0.139. The summed E-state index contributed by atoms with van der Waals surface area (Å²) in [5.41, 5.74) is 1.13. The Bertz CT molecular complexity index is 1210. The molecule has 0 bridgehead atoms. The zero-order chi connectivity index (χ0) is 20.8. The Balaban J connectivity index is 1.64. The summed E-state index contributed by atoms with van der Waals surface area (Å²) in [6, 6.07) is 8.53. The van der Waals surface area contributed by atoms with Crippen molar-refractivity contribution in [3.8, 4) is 0 Å². The van der Waals surface area contributed by atoms with Gasteiger partial charge in [-0.25, -0.2) is 12.8 Å². The molecule has 2 aromatic carbocycles. The van der Waals surface area contributed by atoms with E-state index in [9.17, 15) is 26.0 Å². The number of hydrogen-bond donors (Lipinski definition) is 1.